The second kappa shape index (κ2) is 8.05. The second-order valence-electron chi connectivity index (χ2n) is 7.05. The van der Waals surface area contributed by atoms with Crippen molar-refractivity contribution in [2.75, 3.05) is 49.6 Å². The van der Waals surface area contributed by atoms with E-state index < -0.39 is 0 Å². The van der Waals surface area contributed by atoms with E-state index in [-0.39, 0.29) is 0 Å². The fourth-order valence-electron chi connectivity index (χ4n) is 3.58. The monoisotopic (exact) mass is 357 g/mol. The third kappa shape index (κ3) is 4.34. The van der Waals surface area contributed by atoms with Crippen LogP contribution in [0.3, 0.4) is 0 Å². The van der Waals surface area contributed by atoms with Gasteiger partial charge in [0.05, 0.1) is 19.8 Å². The molecule has 7 heteroatoms. The SMILES string of the molecule is Cc1ccc(CN2CCC(Nc3ccnc(N4CCOCC4)n3)CC2)o1. The molecule has 140 valence electrons. The molecule has 2 saturated heterocycles. The molecule has 0 atom stereocenters. The summed E-state index contributed by atoms with van der Waals surface area (Å²) in [4.78, 5) is 13.8. The quantitative estimate of drug-likeness (QED) is 0.880. The average molecular weight is 357 g/mol. The van der Waals surface area contributed by atoms with Crippen LogP contribution < -0.4 is 10.2 Å². The molecular formula is C19H27N5O2. The third-order valence-corrected chi connectivity index (χ3v) is 5.05. The maximum Gasteiger partial charge on any atom is 0.227 e. The molecular weight excluding hydrogens is 330 g/mol. The van der Waals surface area contributed by atoms with Gasteiger partial charge < -0.3 is 19.4 Å². The summed E-state index contributed by atoms with van der Waals surface area (Å²) in [5.41, 5.74) is 0. The van der Waals surface area contributed by atoms with E-state index in [1.54, 1.807) is 0 Å². The van der Waals surface area contributed by atoms with Crippen LogP contribution in [0.15, 0.2) is 28.8 Å². The number of aryl methyl sites for hydroxylation is 1. The van der Waals surface area contributed by atoms with Gasteiger partial charge >= 0.3 is 0 Å². The molecule has 2 aromatic rings. The van der Waals surface area contributed by atoms with Gasteiger partial charge in [-0.05, 0) is 38.0 Å². The highest BCUT2D eigenvalue weighted by Crippen LogP contribution is 2.19. The summed E-state index contributed by atoms with van der Waals surface area (Å²) in [5.74, 6) is 3.75. The first kappa shape index (κ1) is 17.3. The van der Waals surface area contributed by atoms with Crippen molar-refractivity contribution in [1.29, 1.82) is 0 Å². The lowest BCUT2D eigenvalue weighted by Crippen LogP contribution is -2.39. The number of furan rings is 1. The highest BCUT2D eigenvalue weighted by atomic mass is 16.5. The molecule has 2 fully saturated rings. The number of hydrogen-bond acceptors (Lipinski definition) is 7. The summed E-state index contributed by atoms with van der Waals surface area (Å²) < 4.78 is 11.1. The van der Waals surface area contributed by atoms with Gasteiger partial charge in [0.25, 0.3) is 0 Å². The minimum Gasteiger partial charge on any atom is -0.465 e. The van der Waals surface area contributed by atoms with Gasteiger partial charge in [0.15, 0.2) is 0 Å². The average Bonchev–Trinajstić information content (AvgIpc) is 3.09. The Morgan fingerprint density at radius 1 is 1.12 bits per heavy atom. The van der Waals surface area contributed by atoms with Crippen LogP contribution in [0.4, 0.5) is 11.8 Å². The molecule has 7 nitrogen and oxygen atoms in total. The molecule has 0 radical (unpaired) electrons. The lowest BCUT2D eigenvalue weighted by molar-refractivity contribution is 0.122. The Morgan fingerprint density at radius 2 is 1.92 bits per heavy atom. The lowest BCUT2D eigenvalue weighted by atomic mass is 10.0. The Morgan fingerprint density at radius 3 is 2.65 bits per heavy atom. The molecule has 2 aromatic heterocycles. The van der Waals surface area contributed by atoms with Crippen LogP contribution in [0.25, 0.3) is 0 Å². The van der Waals surface area contributed by atoms with Gasteiger partial charge in [0.2, 0.25) is 5.95 Å². The highest BCUT2D eigenvalue weighted by molar-refractivity contribution is 5.42. The smallest absolute Gasteiger partial charge is 0.227 e. The number of nitrogens with one attached hydrogen (secondary N) is 1. The van der Waals surface area contributed by atoms with Gasteiger partial charge in [-0.25, -0.2) is 4.98 Å². The van der Waals surface area contributed by atoms with E-state index in [1.165, 1.54) is 0 Å². The molecule has 0 aliphatic carbocycles. The topological polar surface area (TPSA) is 66.7 Å². The second-order valence-corrected chi connectivity index (χ2v) is 7.05. The standard InChI is InChI=1S/C19H27N5O2/c1-15-2-3-17(26-15)14-23-8-5-16(6-9-23)21-18-4-7-20-19(22-18)24-10-12-25-13-11-24/h2-4,7,16H,5-6,8-14H2,1H3,(H,20,21,22). The van der Waals surface area contributed by atoms with Crippen LogP contribution >= 0.6 is 0 Å². The van der Waals surface area contributed by atoms with Crippen molar-refractivity contribution in [2.24, 2.45) is 0 Å². The Kier molecular flexibility index (Phi) is 5.36. The van der Waals surface area contributed by atoms with Crippen LogP contribution in [0, 0.1) is 6.92 Å². The molecule has 4 heterocycles. The van der Waals surface area contributed by atoms with Gasteiger partial charge in [0, 0.05) is 38.4 Å². The number of ether oxygens (including phenoxy) is 1. The van der Waals surface area contributed by atoms with Crippen molar-refractivity contribution >= 4 is 11.8 Å². The van der Waals surface area contributed by atoms with E-state index in [1.807, 2.05) is 25.3 Å². The minimum absolute atomic E-state index is 0.456. The van der Waals surface area contributed by atoms with Gasteiger partial charge in [-0.2, -0.15) is 4.98 Å². The zero-order valence-corrected chi connectivity index (χ0v) is 15.4. The normalized spacial score (nSPS) is 19.7. The van der Waals surface area contributed by atoms with E-state index in [4.69, 9.17) is 14.1 Å². The van der Waals surface area contributed by atoms with E-state index in [0.717, 1.165) is 82.1 Å². The van der Waals surface area contributed by atoms with Gasteiger partial charge in [-0.15, -0.1) is 0 Å². The molecule has 0 unspecified atom stereocenters. The molecule has 0 amide bonds. The Balaban J connectivity index is 1.28. The van der Waals surface area contributed by atoms with E-state index in [9.17, 15) is 0 Å². The molecule has 2 aliphatic heterocycles. The van der Waals surface area contributed by atoms with Crippen molar-refractivity contribution in [3.63, 3.8) is 0 Å². The number of likely N-dealkylation sites (tertiary alicyclic amines) is 1. The van der Waals surface area contributed by atoms with Crippen LogP contribution in [-0.2, 0) is 11.3 Å². The molecule has 0 bridgehead atoms. The molecule has 0 saturated carbocycles. The lowest BCUT2D eigenvalue weighted by Gasteiger charge is -2.32. The number of anilines is 2. The van der Waals surface area contributed by atoms with Crippen molar-refractivity contribution in [1.82, 2.24) is 14.9 Å². The molecule has 0 aromatic carbocycles. The largest absolute Gasteiger partial charge is 0.465 e. The Labute approximate surface area is 154 Å². The van der Waals surface area contributed by atoms with E-state index in [2.05, 4.69) is 26.2 Å². The summed E-state index contributed by atoms with van der Waals surface area (Å²) in [6.07, 6.45) is 4.06. The predicted molar refractivity (Wildman–Crippen MR) is 100 cm³/mol. The fraction of sp³-hybridized carbons (Fsp3) is 0.579. The molecule has 2 aliphatic rings. The minimum atomic E-state index is 0.456. The van der Waals surface area contributed by atoms with Gasteiger partial charge in [-0.1, -0.05) is 0 Å². The Hall–Kier alpha value is -2.12. The maximum absolute atomic E-state index is 5.69. The van der Waals surface area contributed by atoms with Gasteiger partial charge in [-0.3, -0.25) is 4.90 Å². The number of piperidine rings is 1. The summed E-state index contributed by atoms with van der Waals surface area (Å²) in [6, 6.07) is 6.53. The van der Waals surface area contributed by atoms with Gasteiger partial charge in [0.1, 0.15) is 17.3 Å². The maximum atomic E-state index is 5.69. The summed E-state index contributed by atoms with van der Waals surface area (Å²) in [6.45, 7) is 8.23. The first-order valence-corrected chi connectivity index (χ1v) is 9.46. The third-order valence-electron chi connectivity index (χ3n) is 5.05. The predicted octanol–water partition coefficient (Wildman–Crippen LogP) is 2.29. The summed E-state index contributed by atoms with van der Waals surface area (Å²) >= 11 is 0. The highest BCUT2D eigenvalue weighted by Gasteiger charge is 2.21. The van der Waals surface area contributed by atoms with Crippen LogP contribution in [0.2, 0.25) is 0 Å². The summed E-state index contributed by atoms with van der Waals surface area (Å²) in [7, 11) is 0. The Bertz CT molecular complexity index is 705. The molecule has 26 heavy (non-hydrogen) atoms. The molecule has 4 rings (SSSR count). The van der Waals surface area contributed by atoms with Crippen LogP contribution in [0.1, 0.15) is 24.4 Å². The van der Waals surface area contributed by atoms with Crippen LogP contribution in [0.5, 0.6) is 0 Å². The number of morpholine rings is 1. The number of nitrogens with zero attached hydrogens (tertiary/aromatic N) is 4. The first-order valence-electron chi connectivity index (χ1n) is 9.46. The van der Waals surface area contributed by atoms with Crippen molar-refractivity contribution in [2.45, 2.75) is 32.4 Å². The van der Waals surface area contributed by atoms with E-state index in [0.29, 0.717) is 6.04 Å². The van der Waals surface area contributed by atoms with Crippen molar-refractivity contribution in [3.05, 3.63) is 35.9 Å². The molecule has 0 spiro atoms. The fourth-order valence-corrected chi connectivity index (χ4v) is 3.58. The number of aromatic nitrogens is 2. The molecule has 1 N–H and O–H groups in total. The zero-order valence-electron chi connectivity index (χ0n) is 15.4. The van der Waals surface area contributed by atoms with E-state index >= 15 is 0 Å². The van der Waals surface area contributed by atoms with Crippen molar-refractivity contribution in [3.8, 4) is 0 Å². The zero-order chi connectivity index (χ0) is 17.8. The van der Waals surface area contributed by atoms with Crippen LogP contribution in [-0.4, -0.2) is 60.3 Å². The number of hydrogen-bond donors (Lipinski definition) is 1. The van der Waals surface area contributed by atoms with Crippen molar-refractivity contribution < 1.29 is 9.15 Å². The summed E-state index contributed by atoms with van der Waals surface area (Å²) in [5, 5.41) is 3.59. The first-order chi connectivity index (χ1) is 12.8. The number of rotatable bonds is 5.